The number of rotatable bonds is 25. The van der Waals surface area contributed by atoms with Crippen LogP contribution >= 0.6 is 23.2 Å². The summed E-state index contributed by atoms with van der Waals surface area (Å²) in [6, 6.07) is 2.88. The van der Waals surface area contributed by atoms with Gasteiger partial charge in [0, 0.05) is 42.4 Å². The van der Waals surface area contributed by atoms with Crippen molar-refractivity contribution in [2.75, 3.05) is 74.3 Å². The van der Waals surface area contributed by atoms with Crippen LogP contribution in [0.25, 0.3) is 11.1 Å². The number of likely N-dealkylation sites (N-methyl/N-ethyl adjacent to an activating group) is 4. The third kappa shape index (κ3) is 19.1. The van der Waals surface area contributed by atoms with Crippen LogP contribution in [0, 0.1) is 29.6 Å². The Balaban J connectivity index is 0.948. The number of ether oxygens (including phenoxy) is 7. The minimum atomic E-state index is -3.00. The maximum absolute atomic E-state index is 16.7. The molecule has 6 aromatic rings. The van der Waals surface area contributed by atoms with Gasteiger partial charge in [-0.05, 0) is 202 Å². The number of hydrogen-bond acceptors (Lipinski definition) is 29. The summed E-state index contributed by atoms with van der Waals surface area (Å²) < 4.78 is 44.0. The molecule has 4 saturated carbocycles. The molecule has 0 unspecified atom stereocenters. The Labute approximate surface area is 727 Å². The van der Waals surface area contributed by atoms with E-state index in [1.54, 1.807) is 21.1 Å². The van der Waals surface area contributed by atoms with Gasteiger partial charge in [0.2, 0.25) is 70.8 Å². The molecular formula is C86H102Cl2N12O25. The summed E-state index contributed by atoms with van der Waals surface area (Å²) in [4.78, 5) is 140. The molecular weight excluding hydrogens is 1670 g/mol. The number of fused-ring (bicyclic) bond motifs is 12. The van der Waals surface area contributed by atoms with Crippen LogP contribution in [0.5, 0.6) is 51.7 Å². The molecule has 21 N–H and O–H groups in total. The summed E-state index contributed by atoms with van der Waals surface area (Å²) >= 11 is 14.4. The maximum Gasteiger partial charge on any atom is 0.258 e. The Hall–Kier alpha value is -10.6. The fourth-order valence-electron chi connectivity index (χ4n) is 18.0. The number of phenolic OH excluding ortho intramolecular Hbond substituents is 1. The zero-order valence-electron chi connectivity index (χ0n) is 68.9. The summed E-state index contributed by atoms with van der Waals surface area (Å²) in [6.45, 7) is 3.82. The standard InChI is InChI=1S/C86H102Cl2N12O25/c1-36(2)19-53(92-6)78(110)99-68-70(104)40-8-11-55(51(87)26-40)122-59-28-44-29-60(76(59)125-85-74(108)73(107)72(106)61(35-101)124-85)123-56-12-9-41(27-52(56)88)71(105)69-84(116)98-67(82(114)95-64-42-21-37-20-38(23-42)24-43(64)22-37)48-32-46(102)33-50-63(48)47-25-39(7-10-49(47)86(50,117)118)65(80(112)100-69)97-81(113)66(44)96-79(111)54(93-83(68)115)34-62(103)94-77(109)45-30-57(119-16-13-89-3)75(121-18-15-91-5)58(31-45)120-17-14-90-4/h7-12,25-33,36-38,42-43,53-54,61,64-74,85,89-92,101-102,104-108,117-118H,13-24,34-35H2,1-6H3,(H,93,115)(H,95,114)(H,96,111)(H,97,113)(H,98,116)(H,99,110)(H,100,112)(H,94,103,109)/t37?,38?,42?,43?,53-,54+,61-,64?,65-,66-,67+,68-,69+,70-,71-,72-,73+,74-,85+/m1/s1. The van der Waals surface area contributed by atoms with Gasteiger partial charge in [0.25, 0.3) is 5.91 Å². The second-order valence-corrected chi connectivity index (χ2v) is 33.9. The number of phenols is 1. The van der Waals surface area contributed by atoms with Gasteiger partial charge in [0.05, 0.1) is 29.1 Å². The van der Waals surface area contributed by atoms with Crippen molar-refractivity contribution in [2.45, 2.75) is 156 Å². The van der Waals surface area contributed by atoms with E-state index in [1.807, 2.05) is 13.8 Å². The van der Waals surface area contributed by atoms with E-state index in [1.165, 1.54) is 61.6 Å². The monoisotopic (exact) mass is 1770 g/mol. The smallest absolute Gasteiger partial charge is 0.258 e. The number of amides is 9. The van der Waals surface area contributed by atoms with Crippen LogP contribution in [0.2, 0.25) is 10.0 Å². The van der Waals surface area contributed by atoms with Crippen LogP contribution in [-0.4, -0.2) is 234 Å². The van der Waals surface area contributed by atoms with Crippen molar-refractivity contribution >= 4 is 76.4 Å². The van der Waals surface area contributed by atoms with Gasteiger partial charge in [0.15, 0.2) is 23.0 Å². The molecule has 6 aromatic carbocycles. The van der Waals surface area contributed by atoms with Crippen LogP contribution in [-0.2, 0) is 48.9 Å². The molecule has 5 fully saturated rings. The van der Waals surface area contributed by atoms with Gasteiger partial charge < -0.3 is 138 Å². The Bertz CT molecular complexity index is 5080. The minimum Gasteiger partial charge on any atom is -0.508 e. The first-order valence-electron chi connectivity index (χ1n) is 41.4. The molecule has 14 atom stereocenters. The Morgan fingerprint density at radius 3 is 1.74 bits per heavy atom. The van der Waals surface area contributed by atoms with Gasteiger partial charge in [-0.25, -0.2) is 0 Å². The fraction of sp³-hybridized carbons (Fsp3) is 0.477. The summed E-state index contributed by atoms with van der Waals surface area (Å²) in [6.07, 6.45) is -11.0. The quantitative estimate of drug-likeness (QED) is 0.0282. The van der Waals surface area contributed by atoms with Crippen molar-refractivity contribution in [1.82, 2.24) is 63.8 Å². The van der Waals surface area contributed by atoms with Crippen LogP contribution in [0.3, 0.4) is 0 Å². The molecule has 6 aliphatic heterocycles. The van der Waals surface area contributed by atoms with Crippen molar-refractivity contribution in [1.29, 1.82) is 0 Å². The third-order valence-electron chi connectivity index (χ3n) is 24.1. The van der Waals surface area contributed by atoms with Crippen LogP contribution in [0.15, 0.2) is 91.0 Å². The average Bonchev–Trinajstić information content (AvgIpc) is 1.63. The highest BCUT2D eigenvalue weighted by molar-refractivity contribution is 6.32. The predicted octanol–water partition coefficient (Wildman–Crippen LogP) is 1.08. The minimum absolute atomic E-state index is 0.00715. The number of benzene rings is 6. The number of aliphatic hydroxyl groups excluding tert-OH is 6. The third-order valence-corrected chi connectivity index (χ3v) is 24.7. The number of aliphatic hydroxyl groups is 8. The van der Waals surface area contributed by atoms with Gasteiger partial charge in [-0.1, -0.05) is 61.3 Å². The SMILES string of the molecule is CNCCOc1cc(C(=O)NC(=O)C[C@@H]2NC(=O)[C@H](NC(=O)[C@@H](CC(C)C)NC)[C@H](O)c3ccc(c(Cl)c3)Oc3cc4cc(c3O[C@@H]3O[C@H](CO)[C@@H](O)[C@H](O)[C@H]3O)Oc3ccc(cc3Cl)[C@@H](O)[C@@H]3NC(=O)[C@H](NC(=O)[C@@H]4NC2=O)c2ccc4c(c2)-c2c(cc(O)cc2C4(O)O)[C@@H](C(=O)NC2C4CC5CC(C4)CC2C5)NC3=O)cc(OCCNC)c1OCCNC. The summed E-state index contributed by atoms with van der Waals surface area (Å²) in [5.41, 5.74) is -2.50. The zero-order chi connectivity index (χ0) is 89.3. The topological polar surface area (TPSA) is 545 Å². The van der Waals surface area contributed by atoms with E-state index in [4.69, 9.17) is 56.4 Å². The molecule has 15 bridgehead atoms. The molecule has 6 heterocycles. The van der Waals surface area contributed by atoms with Crippen LogP contribution in [0.4, 0.5) is 0 Å². The Kier molecular flexibility index (Phi) is 27.8. The molecule has 670 valence electrons. The van der Waals surface area contributed by atoms with Crippen molar-refractivity contribution in [3.05, 3.63) is 146 Å². The van der Waals surface area contributed by atoms with Gasteiger partial charge in [-0.15, -0.1) is 0 Å². The maximum atomic E-state index is 16.7. The zero-order valence-corrected chi connectivity index (χ0v) is 70.4. The number of hydrogen-bond donors (Lipinski definition) is 21. The molecule has 0 radical (unpaired) electrons. The van der Waals surface area contributed by atoms with E-state index < -0.39 is 191 Å². The molecule has 17 rings (SSSR count). The number of imide groups is 1. The molecule has 125 heavy (non-hydrogen) atoms. The van der Waals surface area contributed by atoms with E-state index in [0.29, 0.717) is 31.5 Å². The van der Waals surface area contributed by atoms with Crippen molar-refractivity contribution < 1.29 is 122 Å². The normalized spacial score (nSPS) is 27.3. The second kappa shape index (κ2) is 38.3. The van der Waals surface area contributed by atoms with E-state index in [-0.39, 0.29) is 134 Å². The number of halogens is 2. The van der Waals surface area contributed by atoms with Gasteiger partial charge in [-0.2, -0.15) is 0 Å². The Morgan fingerprint density at radius 1 is 0.584 bits per heavy atom. The van der Waals surface area contributed by atoms with E-state index in [2.05, 4.69) is 63.8 Å². The summed E-state index contributed by atoms with van der Waals surface area (Å²) in [7, 11) is 6.54. The van der Waals surface area contributed by atoms with Crippen molar-refractivity contribution in [3.63, 3.8) is 0 Å². The molecule has 1 saturated heterocycles. The molecule has 5 aliphatic carbocycles. The lowest BCUT2D eigenvalue weighted by Crippen LogP contribution is -2.60. The first-order chi connectivity index (χ1) is 59.8. The largest absolute Gasteiger partial charge is 0.508 e. The highest BCUT2D eigenvalue weighted by atomic mass is 35.5. The van der Waals surface area contributed by atoms with Crippen LogP contribution in [0.1, 0.15) is 138 Å². The molecule has 11 aliphatic rings. The second-order valence-electron chi connectivity index (χ2n) is 33.1. The molecule has 9 amide bonds. The van der Waals surface area contributed by atoms with Gasteiger partial charge in [-0.3, -0.25) is 48.5 Å². The van der Waals surface area contributed by atoms with Gasteiger partial charge >= 0.3 is 0 Å². The first kappa shape index (κ1) is 90.6. The lowest BCUT2D eigenvalue weighted by Gasteiger charge is -2.54. The van der Waals surface area contributed by atoms with E-state index >= 15 is 33.6 Å². The predicted molar refractivity (Wildman–Crippen MR) is 444 cm³/mol. The number of aromatic hydroxyl groups is 1. The molecule has 0 aromatic heterocycles. The molecule has 0 spiro atoms. The van der Waals surface area contributed by atoms with Crippen molar-refractivity contribution in [2.24, 2.45) is 29.6 Å². The van der Waals surface area contributed by atoms with E-state index in [9.17, 15) is 55.5 Å². The van der Waals surface area contributed by atoms with Crippen molar-refractivity contribution in [3.8, 4) is 62.9 Å². The number of carbonyl (C=O) groups excluding carboxylic acids is 9. The highest BCUT2D eigenvalue weighted by Crippen LogP contribution is 2.56. The summed E-state index contributed by atoms with van der Waals surface area (Å²) in [5, 5.41) is 138. The van der Waals surface area contributed by atoms with E-state index in [0.717, 1.165) is 68.5 Å². The van der Waals surface area contributed by atoms with Gasteiger partial charge in [0.1, 0.15) is 110 Å². The number of carbonyl (C=O) groups is 9. The fourth-order valence-corrected chi connectivity index (χ4v) is 18.4. The number of nitrogens with one attached hydrogen (secondary N) is 12. The lowest BCUT2D eigenvalue weighted by atomic mass is 9.54. The molecule has 37 nitrogen and oxygen atoms in total. The molecule has 39 heteroatoms. The first-order valence-corrected chi connectivity index (χ1v) is 42.1. The average molecular weight is 1770 g/mol. The lowest BCUT2D eigenvalue weighted by molar-refractivity contribution is -0.277. The summed E-state index contributed by atoms with van der Waals surface area (Å²) in [5.74, 6) is -16.3. The Morgan fingerprint density at radius 2 is 1.16 bits per heavy atom. The van der Waals surface area contributed by atoms with Crippen LogP contribution < -0.4 is 92.2 Å². The highest BCUT2D eigenvalue weighted by Gasteiger charge is 2.53.